The number of imide groups is 1. The molecule has 0 radical (unpaired) electrons. The molecule has 0 aliphatic carbocycles. The van der Waals surface area contributed by atoms with Crippen molar-refractivity contribution in [2.24, 2.45) is 0 Å². The second kappa shape index (κ2) is 6.14. The van der Waals surface area contributed by atoms with Crippen LogP contribution in [0.25, 0.3) is 0 Å². The van der Waals surface area contributed by atoms with E-state index in [1.165, 1.54) is 13.0 Å². The lowest BCUT2D eigenvalue weighted by molar-refractivity contribution is -0.132. The van der Waals surface area contributed by atoms with Gasteiger partial charge in [0.15, 0.2) is 11.5 Å². The van der Waals surface area contributed by atoms with Crippen LogP contribution in [0.1, 0.15) is 23.0 Å². The van der Waals surface area contributed by atoms with Gasteiger partial charge in [-0.05, 0) is 24.6 Å². The lowest BCUT2D eigenvalue weighted by atomic mass is 9.92. The summed E-state index contributed by atoms with van der Waals surface area (Å²) >= 11 is 5.64. The van der Waals surface area contributed by atoms with E-state index in [2.05, 4.69) is 15.7 Å². The summed E-state index contributed by atoms with van der Waals surface area (Å²) in [4.78, 5) is 40.5. The molecule has 2 N–H and O–H groups in total. The highest BCUT2D eigenvalue weighted by molar-refractivity contribution is 6.29. The summed E-state index contributed by atoms with van der Waals surface area (Å²) in [5.74, 6) is -2.71. The van der Waals surface area contributed by atoms with Crippen LogP contribution < -0.4 is 10.7 Å². The van der Waals surface area contributed by atoms with Crippen molar-refractivity contribution in [1.82, 2.24) is 20.7 Å². The third-order valence-corrected chi connectivity index (χ3v) is 3.99. The van der Waals surface area contributed by atoms with E-state index in [1.54, 1.807) is 30.3 Å². The number of carbonyl (C=O) groups is 3. The predicted octanol–water partition coefficient (Wildman–Crippen LogP) is 1.99. The van der Waals surface area contributed by atoms with Gasteiger partial charge in [-0.15, -0.1) is 0 Å². The summed E-state index contributed by atoms with van der Waals surface area (Å²) in [6.07, 6.45) is 0. The molecule has 0 spiro atoms. The zero-order valence-corrected chi connectivity index (χ0v) is 13.7. The van der Waals surface area contributed by atoms with Gasteiger partial charge in [-0.25, -0.2) is 14.2 Å². The molecule has 3 rings (SSSR count). The number of rotatable bonds is 3. The molecule has 7 nitrogen and oxygen atoms in total. The number of urea groups is 1. The molecular weight excluding hydrogens is 351 g/mol. The predicted molar refractivity (Wildman–Crippen MR) is 85.8 cm³/mol. The first-order valence-corrected chi connectivity index (χ1v) is 7.56. The zero-order valence-electron chi connectivity index (χ0n) is 12.9. The van der Waals surface area contributed by atoms with Crippen molar-refractivity contribution in [1.29, 1.82) is 0 Å². The Morgan fingerprint density at radius 2 is 1.92 bits per heavy atom. The maximum atomic E-state index is 13.7. The first-order chi connectivity index (χ1) is 11.8. The van der Waals surface area contributed by atoms with Crippen LogP contribution in [0.15, 0.2) is 42.5 Å². The average Bonchev–Trinajstić information content (AvgIpc) is 2.82. The first-order valence-electron chi connectivity index (χ1n) is 7.18. The van der Waals surface area contributed by atoms with E-state index in [9.17, 15) is 18.8 Å². The van der Waals surface area contributed by atoms with Gasteiger partial charge in [0, 0.05) is 0 Å². The van der Waals surface area contributed by atoms with Crippen LogP contribution in [0.4, 0.5) is 9.18 Å². The molecule has 1 unspecified atom stereocenters. The number of pyridine rings is 1. The summed E-state index contributed by atoms with van der Waals surface area (Å²) in [5.41, 5.74) is 0.619. The number of nitrogens with zero attached hydrogens (tertiary/aromatic N) is 2. The number of aromatic nitrogens is 1. The molecule has 9 heteroatoms. The molecule has 128 valence electrons. The molecule has 2 aromatic rings. The number of nitrogens with one attached hydrogen (secondary N) is 2. The first kappa shape index (κ1) is 16.8. The Bertz CT molecular complexity index is 877. The van der Waals surface area contributed by atoms with Crippen LogP contribution in [0.5, 0.6) is 0 Å². The highest BCUT2D eigenvalue weighted by atomic mass is 35.5. The molecule has 4 amide bonds. The van der Waals surface area contributed by atoms with Crippen LogP contribution in [0, 0.1) is 5.82 Å². The number of carbonyl (C=O) groups excluding carboxylic acids is 3. The Hall–Kier alpha value is -3.00. The lowest BCUT2D eigenvalue weighted by Gasteiger charge is -2.22. The van der Waals surface area contributed by atoms with Gasteiger partial charge < -0.3 is 5.32 Å². The van der Waals surface area contributed by atoms with Gasteiger partial charge in [0.1, 0.15) is 10.7 Å². The maximum Gasteiger partial charge on any atom is 0.344 e. The third-order valence-electron chi connectivity index (χ3n) is 3.78. The summed E-state index contributed by atoms with van der Waals surface area (Å²) in [6.45, 7) is 1.51. The van der Waals surface area contributed by atoms with E-state index in [1.807, 2.05) is 0 Å². The fourth-order valence-electron chi connectivity index (χ4n) is 2.44. The van der Waals surface area contributed by atoms with Crippen LogP contribution in [-0.2, 0) is 10.3 Å². The van der Waals surface area contributed by atoms with Crippen molar-refractivity contribution in [2.45, 2.75) is 12.5 Å². The molecule has 25 heavy (non-hydrogen) atoms. The minimum Gasteiger partial charge on any atom is -0.318 e. The molecule has 1 aliphatic heterocycles. The quantitative estimate of drug-likeness (QED) is 0.645. The minimum absolute atomic E-state index is 0.0992. The van der Waals surface area contributed by atoms with Crippen LogP contribution in [0.3, 0.4) is 0 Å². The maximum absolute atomic E-state index is 13.7. The number of halogens is 2. The summed E-state index contributed by atoms with van der Waals surface area (Å²) < 4.78 is 13.7. The molecule has 0 bridgehead atoms. The molecule has 1 atom stereocenters. The van der Waals surface area contributed by atoms with E-state index in [4.69, 9.17) is 11.6 Å². The van der Waals surface area contributed by atoms with Gasteiger partial charge in [-0.1, -0.05) is 41.9 Å². The number of benzene rings is 1. The molecule has 1 saturated heterocycles. The van der Waals surface area contributed by atoms with E-state index < -0.39 is 34.9 Å². The van der Waals surface area contributed by atoms with Crippen molar-refractivity contribution >= 4 is 29.4 Å². The number of hydrogen-bond donors (Lipinski definition) is 2. The van der Waals surface area contributed by atoms with E-state index in [0.29, 0.717) is 10.6 Å². The van der Waals surface area contributed by atoms with Gasteiger partial charge in [0.2, 0.25) is 0 Å². The fraction of sp³-hybridized carbons (Fsp3) is 0.125. The second-order valence-corrected chi connectivity index (χ2v) is 5.85. The van der Waals surface area contributed by atoms with Crippen LogP contribution in [0.2, 0.25) is 5.15 Å². The van der Waals surface area contributed by atoms with Crippen molar-refractivity contribution in [3.05, 3.63) is 64.7 Å². The van der Waals surface area contributed by atoms with Crippen molar-refractivity contribution in [3.63, 3.8) is 0 Å². The Labute approximate surface area is 146 Å². The smallest absolute Gasteiger partial charge is 0.318 e. The Morgan fingerprint density at radius 3 is 2.60 bits per heavy atom. The number of hydrazine groups is 1. The van der Waals surface area contributed by atoms with E-state index >= 15 is 0 Å². The SMILES string of the molecule is CC1(c2ccccc2)NC(=O)N(NC(=O)c2nc(Cl)ccc2F)C1=O. The Morgan fingerprint density at radius 1 is 1.24 bits per heavy atom. The number of hydrogen-bond acceptors (Lipinski definition) is 4. The topological polar surface area (TPSA) is 91.4 Å². The standard InChI is InChI=1S/C16H12ClFN4O3/c1-16(9-5-3-2-4-6-9)14(24)22(15(25)20-16)21-13(23)12-10(18)7-8-11(17)19-12/h2-8H,1H3,(H,20,25)(H,21,23). The molecule has 1 aromatic carbocycles. The normalized spacial score (nSPS) is 19.7. The van der Waals surface area contributed by atoms with Crippen molar-refractivity contribution in [3.8, 4) is 0 Å². The molecule has 2 heterocycles. The zero-order chi connectivity index (χ0) is 18.2. The van der Waals surface area contributed by atoms with Crippen molar-refractivity contribution in [2.75, 3.05) is 0 Å². The lowest BCUT2D eigenvalue weighted by Crippen LogP contribution is -2.48. The Kier molecular flexibility index (Phi) is 4.13. The Balaban J connectivity index is 1.86. The minimum atomic E-state index is -1.36. The van der Waals surface area contributed by atoms with Crippen molar-refractivity contribution < 1.29 is 18.8 Å². The molecular formula is C16H12ClFN4O3. The highest BCUT2D eigenvalue weighted by Gasteiger charge is 2.50. The average molecular weight is 363 g/mol. The molecule has 1 fully saturated rings. The van der Waals surface area contributed by atoms with Gasteiger partial charge in [0.05, 0.1) is 0 Å². The summed E-state index contributed by atoms with van der Waals surface area (Å²) in [5, 5.41) is 2.91. The molecule has 1 aliphatic rings. The third kappa shape index (κ3) is 2.91. The van der Waals surface area contributed by atoms with Gasteiger partial charge in [0.25, 0.3) is 11.8 Å². The second-order valence-electron chi connectivity index (χ2n) is 5.47. The van der Waals surface area contributed by atoms with Crippen LogP contribution >= 0.6 is 11.6 Å². The molecule has 0 saturated carbocycles. The van der Waals surface area contributed by atoms with E-state index in [-0.39, 0.29) is 5.15 Å². The monoisotopic (exact) mass is 362 g/mol. The van der Waals surface area contributed by atoms with Gasteiger partial charge in [-0.3, -0.25) is 15.0 Å². The van der Waals surface area contributed by atoms with Crippen LogP contribution in [-0.4, -0.2) is 27.8 Å². The summed E-state index contributed by atoms with van der Waals surface area (Å²) in [6, 6.07) is 9.83. The molecule has 1 aromatic heterocycles. The highest BCUT2D eigenvalue weighted by Crippen LogP contribution is 2.27. The largest absolute Gasteiger partial charge is 0.344 e. The summed E-state index contributed by atoms with van der Waals surface area (Å²) in [7, 11) is 0. The van der Waals surface area contributed by atoms with Gasteiger partial charge >= 0.3 is 6.03 Å². The van der Waals surface area contributed by atoms with E-state index in [0.717, 1.165) is 6.07 Å². The fourth-order valence-corrected chi connectivity index (χ4v) is 2.59. The number of amides is 4. The van der Waals surface area contributed by atoms with Gasteiger partial charge in [-0.2, -0.15) is 5.01 Å².